The summed E-state index contributed by atoms with van der Waals surface area (Å²) < 4.78 is 0. The zero-order valence-electron chi connectivity index (χ0n) is 19.6. The van der Waals surface area contributed by atoms with Crippen molar-refractivity contribution in [3.8, 4) is 33.5 Å². The van der Waals surface area contributed by atoms with E-state index in [1.54, 1.807) is 0 Å². The fourth-order valence-corrected chi connectivity index (χ4v) is 5.15. The van der Waals surface area contributed by atoms with E-state index >= 15 is 0 Å². The van der Waals surface area contributed by atoms with Crippen molar-refractivity contribution in [3.05, 3.63) is 134 Å². The Kier molecular flexibility index (Phi) is 4.82. The second-order valence-corrected chi connectivity index (χ2v) is 9.06. The minimum Gasteiger partial charge on any atom is -0.256 e. The van der Waals surface area contributed by atoms with E-state index in [1.807, 2.05) is 12.3 Å². The predicted octanol–water partition coefficient (Wildman–Crippen LogP) is 8.94. The van der Waals surface area contributed by atoms with Crippen LogP contribution >= 0.6 is 0 Å². The number of nitrogens with zero attached hydrogens (tertiary/aromatic N) is 2. The Morgan fingerprint density at radius 2 is 1.14 bits per heavy atom. The molecule has 0 aliphatic rings. The molecule has 0 amide bonds. The molecule has 36 heavy (non-hydrogen) atoms. The average molecular weight is 459 g/mol. The summed E-state index contributed by atoms with van der Waals surface area (Å²) in [5.74, 6) is 0. The maximum absolute atomic E-state index is 5.05. The molecule has 7 aromatic rings. The lowest BCUT2D eigenvalue weighted by atomic mass is 9.95. The number of fused-ring (bicyclic) bond motifs is 4. The third kappa shape index (κ3) is 3.43. The van der Waals surface area contributed by atoms with Gasteiger partial charge in [0.25, 0.3) is 0 Å². The first-order valence-corrected chi connectivity index (χ1v) is 12.2. The van der Waals surface area contributed by atoms with E-state index < -0.39 is 0 Å². The first-order chi connectivity index (χ1) is 17.8. The third-order valence-corrected chi connectivity index (χ3v) is 6.91. The van der Waals surface area contributed by atoms with Gasteiger partial charge in [-0.05, 0) is 40.3 Å². The molecule has 0 fully saturated rings. The molecule has 168 valence electrons. The minimum absolute atomic E-state index is 1.02. The molecule has 0 saturated heterocycles. The summed E-state index contributed by atoms with van der Waals surface area (Å²) in [7, 11) is 0. The highest BCUT2D eigenvalue weighted by atomic mass is 14.7. The molecule has 0 saturated carbocycles. The number of rotatable bonds is 3. The van der Waals surface area contributed by atoms with E-state index in [0.29, 0.717) is 0 Å². The normalized spacial score (nSPS) is 11.3. The summed E-state index contributed by atoms with van der Waals surface area (Å²) in [5, 5.41) is 4.75. The van der Waals surface area contributed by atoms with Crippen LogP contribution in [0.1, 0.15) is 0 Å². The molecule has 0 spiro atoms. The average Bonchev–Trinajstić information content (AvgIpc) is 2.96. The van der Waals surface area contributed by atoms with Crippen LogP contribution in [0.4, 0.5) is 0 Å². The third-order valence-electron chi connectivity index (χ3n) is 6.91. The highest BCUT2D eigenvalue weighted by molar-refractivity contribution is 6.10. The van der Waals surface area contributed by atoms with Crippen molar-refractivity contribution in [1.29, 1.82) is 0 Å². The highest BCUT2D eigenvalue weighted by Crippen LogP contribution is 2.34. The van der Waals surface area contributed by atoms with E-state index in [2.05, 4.69) is 126 Å². The molecule has 0 aliphatic carbocycles. The van der Waals surface area contributed by atoms with Crippen molar-refractivity contribution >= 4 is 32.6 Å². The van der Waals surface area contributed by atoms with Crippen LogP contribution in [0.5, 0.6) is 0 Å². The lowest BCUT2D eigenvalue weighted by Crippen LogP contribution is -1.90. The molecule has 0 atom stereocenters. The standard InChI is InChI=1S/C34H22N2/c1-2-14-31-29(12-1)30-13-3-4-16-32(30)36-34(31)25-19-17-23(18-20-25)26-9-5-10-27(22-26)28-15-6-8-24-11-7-21-35-33(24)28/h1-22H. The van der Waals surface area contributed by atoms with Gasteiger partial charge in [-0.25, -0.2) is 4.98 Å². The second kappa shape index (κ2) is 8.44. The summed E-state index contributed by atoms with van der Waals surface area (Å²) in [6.45, 7) is 0. The quantitative estimate of drug-likeness (QED) is 0.247. The monoisotopic (exact) mass is 458 g/mol. The largest absolute Gasteiger partial charge is 0.256 e. The van der Waals surface area contributed by atoms with Gasteiger partial charge in [0, 0.05) is 33.5 Å². The Morgan fingerprint density at radius 1 is 0.444 bits per heavy atom. The maximum Gasteiger partial charge on any atom is 0.0788 e. The van der Waals surface area contributed by atoms with Gasteiger partial charge in [0.05, 0.1) is 16.7 Å². The summed E-state index contributed by atoms with van der Waals surface area (Å²) in [4.78, 5) is 9.70. The molecule has 7 rings (SSSR count). The summed E-state index contributed by atoms with van der Waals surface area (Å²) >= 11 is 0. The Bertz CT molecular complexity index is 1880. The molecule has 0 aliphatic heterocycles. The summed E-state index contributed by atoms with van der Waals surface area (Å²) in [6, 6.07) is 44.8. The lowest BCUT2D eigenvalue weighted by Gasteiger charge is -2.11. The van der Waals surface area contributed by atoms with Gasteiger partial charge in [0.15, 0.2) is 0 Å². The van der Waals surface area contributed by atoms with Crippen LogP contribution in [0.2, 0.25) is 0 Å². The maximum atomic E-state index is 5.05. The molecule has 2 nitrogen and oxygen atoms in total. The fraction of sp³-hybridized carbons (Fsp3) is 0. The Morgan fingerprint density at radius 3 is 2.03 bits per heavy atom. The minimum atomic E-state index is 1.02. The lowest BCUT2D eigenvalue weighted by molar-refractivity contribution is 1.41. The molecule has 0 radical (unpaired) electrons. The van der Waals surface area contributed by atoms with Gasteiger partial charge < -0.3 is 0 Å². The first-order valence-electron chi connectivity index (χ1n) is 12.2. The second-order valence-electron chi connectivity index (χ2n) is 9.06. The molecule has 5 aromatic carbocycles. The van der Waals surface area contributed by atoms with Crippen molar-refractivity contribution in [3.63, 3.8) is 0 Å². The summed E-state index contributed by atoms with van der Waals surface area (Å²) in [6.07, 6.45) is 1.86. The van der Waals surface area contributed by atoms with Crippen LogP contribution in [0.15, 0.2) is 134 Å². The van der Waals surface area contributed by atoms with Gasteiger partial charge in [0.1, 0.15) is 0 Å². The van der Waals surface area contributed by atoms with Crippen LogP contribution < -0.4 is 0 Å². The van der Waals surface area contributed by atoms with E-state index in [4.69, 9.17) is 4.98 Å². The molecule has 0 N–H and O–H groups in total. The zero-order valence-corrected chi connectivity index (χ0v) is 19.6. The highest BCUT2D eigenvalue weighted by Gasteiger charge is 2.11. The van der Waals surface area contributed by atoms with Crippen molar-refractivity contribution < 1.29 is 0 Å². The topological polar surface area (TPSA) is 25.8 Å². The molecule has 2 heteroatoms. The van der Waals surface area contributed by atoms with E-state index in [-0.39, 0.29) is 0 Å². The van der Waals surface area contributed by atoms with E-state index in [9.17, 15) is 0 Å². The first kappa shape index (κ1) is 20.5. The molecular formula is C34H22N2. The van der Waals surface area contributed by atoms with Gasteiger partial charge in [-0.15, -0.1) is 0 Å². The van der Waals surface area contributed by atoms with Crippen LogP contribution in [-0.4, -0.2) is 9.97 Å². The van der Waals surface area contributed by atoms with Crippen molar-refractivity contribution in [2.24, 2.45) is 0 Å². The molecule has 0 bridgehead atoms. The molecule has 2 heterocycles. The van der Waals surface area contributed by atoms with Crippen molar-refractivity contribution in [1.82, 2.24) is 9.97 Å². The van der Waals surface area contributed by atoms with Crippen LogP contribution in [0.3, 0.4) is 0 Å². The number of para-hydroxylation sites is 2. The van der Waals surface area contributed by atoms with Crippen LogP contribution in [0.25, 0.3) is 66.1 Å². The number of aromatic nitrogens is 2. The number of benzene rings is 5. The van der Waals surface area contributed by atoms with E-state index in [1.165, 1.54) is 32.8 Å². The van der Waals surface area contributed by atoms with Crippen molar-refractivity contribution in [2.45, 2.75) is 0 Å². The smallest absolute Gasteiger partial charge is 0.0788 e. The van der Waals surface area contributed by atoms with Crippen LogP contribution in [-0.2, 0) is 0 Å². The van der Waals surface area contributed by atoms with Gasteiger partial charge in [-0.3, -0.25) is 4.98 Å². The Labute approximate surface area is 209 Å². The van der Waals surface area contributed by atoms with Gasteiger partial charge in [0.2, 0.25) is 0 Å². The number of pyridine rings is 2. The summed E-state index contributed by atoms with van der Waals surface area (Å²) in [5.41, 5.74) is 8.87. The van der Waals surface area contributed by atoms with Crippen LogP contribution in [0, 0.1) is 0 Å². The van der Waals surface area contributed by atoms with Gasteiger partial charge in [-0.2, -0.15) is 0 Å². The van der Waals surface area contributed by atoms with Gasteiger partial charge >= 0.3 is 0 Å². The zero-order chi connectivity index (χ0) is 23.9. The number of hydrogen-bond donors (Lipinski definition) is 0. The fourth-order valence-electron chi connectivity index (χ4n) is 5.15. The number of hydrogen-bond acceptors (Lipinski definition) is 2. The molecule has 2 aromatic heterocycles. The SMILES string of the molecule is c1cc(-c2ccc(-c3nc4ccccc4c4ccccc34)cc2)cc(-c2cccc3cccnc23)c1. The molecular weight excluding hydrogens is 436 g/mol. The Balaban J connectivity index is 1.31. The van der Waals surface area contributed by atoms with Gasteiger partial charge in [-0.1, -0.05) is 109 Å². The van der Waals surface area contributed by atoms with Crippen molar-refractivity contribution in [2.75, 3.05) is 0 Å². The Hall–Kier alpha value is -4.82. The predicted molar refractivity (Wildman–Crippen MR) is 151 cm³/mol. The van der Waals surface area contributed by atoms with E-state index in [0.717, 1.165) is 33.2 Å². The molecule has 0 unspecified atom stereocenters.